The van der Waals surface area contributed by atoms with Gasteiger partial charge in [-0.05, 0) is 69.1 Å². The Morgan fingerprint density at radius 3 is 2.05 bits per heavy atom. The fourth-order valence-corrected chi connectivity index (χ4v) is 2.37. The highest BCUT2D eigenvalue weighted by atomic mass is 15.1. The van der Waals surface area contributed by atoms with Crippen molar-refractivity contribution in [3.8, 4) is 11.3 Å². The predicted molar refractivity (Wildman–Crippen MR) is 79.2 cm³/mol. The fourth-order valence-electron chi connectivity index (χ4n) is 2.37. The van der Waals surface area contributed by atoms with E-state index >= 15 is 0 Å². The molecule has 0 bridgehead atoms. The molecule has 0 aliphatic rings. The maximum Gasteiger partial charge on any atom is 0.0935 e. The summed E-state index contributed by atoms with van der Waals surface area (Å²) in [4.78, 5) is 0. The second-order valence-electron chi connectivity index (χ2n) is 5.08. The molecular weight excluding hydrogens is 234 g/mol. The van der Waals surface area contributed by atoms with Crippen molar-refractivity contribution in [2.24, 2.45) is 0 Å². The van der Waals surface area contributed by atoms with Crippen molar-refractivity contribution < 1.29 is 0 Å². The van der Waals surface area contributed by atoms with E-state index in [1.54, 1.807) is 0 Å². The van der Waals surface area contributed by atoms with Gasteiger partial charge in [0.05, 0.1) is 11.4 Å². The van der Waals surface area contributed by atoms with E-state index in [1.807, 2.05) is 13.1 Å². The summed E-state index contributed by atoms with van der Waals surface area (Å²) in [5.74, 6) is 0. The molecule has 0 aliphatic heterocycles. The molecule has 1 aromatic carbocycles. The van der Waals surface area contributed by atoms with Crippen LogP contribution in [0.15, 0.2) is 18.2 Å². The zero-order chi connectivity index (χ0) is 14.0. The number of hydrogen-bond acceptors (Lipinski definition) is 3. The number of nitrogens with one attached hydrogen (secondary N) is 1. The highest BCUT2D eigenvalue weighted by Gasteiger charge is 2.12. The molecular formula is C16H21N3. The first kappa shape index (κ1) is 13.7. The van der Waals surface area contributed by atoms with Crippen LogP contribution in [0.4, 0.5) is 0 Å². The van der Waals surface area contributed by atoms with Crippen LogP contribution in [0.2, 0.25) is 0 Å². The zero-order valence-corrected chi connectivity index (χ0v) is 12.3. The van der Waals surface area contributed by atoms with E-state index in [-0.39, 0.29) is 0 Å². The molecule has 0 aliphatic carbocycles. The molecule has 0 atom stereocenters. The van der Waals surface area contributed by atoms with Crippen molar-refractivity contribution in [1.29, 1.82) is 0 Å². The maximum absolute atomic E-state index is 4.38. The fraction of sp³-hybridized carbons (Fsp3) is 0.375. The second kappa shape index (κ2) is 5.49. The molecule has 1 N–H and O–H groups in total. The lowest BCUT2D eigenvalue weighted by Crippen LogP contribution is -2.08. The summed E-state index contributed by atoms with van der Waals surface area (Å²) in [6.45, 7) is 9.35. The summed E-state index contributed by atoms with van der Waals surface area (Å²) < 4.78 is 0. The number of hydrogen-bond donors (Lipinski definition) is 1. The summed E-state index contributed by atoms with van der Waals surface area (Å²) in [5.41, 5.74) is 8.34. The normalized spacial score (nSPS) is 10.8. The number of aromatic nitrogens is 2. The topological polar surface area (TPSA) is 37.8 Å². The van der Waals surface area contributed by atoms with E-state index in [9.17, 15) is 0 Å². The van der Waals surface area contributed by atoms with Gasteiger partial charge in [0.25, 0.3) is 0 Å². The van der Waals surface area contributed by atoms with Gasteiger partial charge in [-0.2, -0.15) is 10.2 Å². The third kappa shape index (κ3) is 2.66. The molecule has 19 heavy (non-hydrogen) atoms. The first-order valence-electron chi connectivity index (χ1n) is 6.59. The number of rotatable bonds is 3. The number of nitrogens with zero attached hydrogens (tertiary/aromatic N) is 2. The first-order chi connectivity index (χ1) is 9.04. The largest absolute Gasteiger partial charge is 0.314 e. The minimum Gasteiger partial charge on any atom is -0.314 e. The van der Waals surface area contributed by atoms with E-state index < -0.39 is 0 Å². The van der Waals surface area contributed by atoms with Crippen LogP contribution in [0.25, 0.3) is 11.3 Å². The molecule has 1 heterocycles. The van der Waals surface area contributed by atoms with Crippen LogP contribution >= 0.6 is 0 Å². The Bertz CT molecular complexity index is 560. The Balaban J connectivity index is 2.52. The molecule has 100 valence electrons. The smallest absolute Gasteiger partial charge is 0.0935 e. The summed E-state index contributed by atoms with van der Waals surface area (Å²) in [6.07, 6.45) is 0. The van der Waals surface area contributed by atoms with Crippen molar-refractivity contribution in [2.75, 3.05) is 7.05 Å². The Kier molecular flexibility index (Phi) is 3.96. The summed E-state index contributed by atoms with van der Waals surface area (Å²) in [7, 11) is 1.91. The van der Waals surface area contributed by atoms with Gasteiger partial charge >= 0.3 is 0 Å². The van der Waals surface area contributed by atoms with Gasteiger partial charge in [-0.3, -0.25) is 0 Å². The summed E-state index contributed by atoms with van der Waals surface area (Å²) in [5, 5.41) is 11.7. The van der Waals surface area contributed by atoms with Crippen LogP contribution in [-0.2, 0) is 6.54 Å². The third-order valence-electron chi connectivity index (χ3n) is 3.70. The van der Waals surface area contributed by atoms with E-state index in [0.29, 0.717) is 0 Å². The van der Waals surface area contributed by atoms with Gasteiger partial charge in [0.2, 0.25) is 0 Å². The van der Waals surface area contributed by atoms with Crippen LogP contribution in [-0.4, -0.2) is 17.2 Å². The lowest BCUT2D eigenvalue weighted by molar-refractivity contribution is 0.768. The van der Waals surface area contributed by atoms with Crippen molar-refractivity contribution in [3.63, 3.8) is 0 Å². The third-order valence-corrected chi connectivity index (χ3v) is 3.70. The van der Waals surface area contributed by atoms with Gasteiger partial charge in [0.1, 0.15) is 0 Å². The molecule has 3 heteroatoms. The molecule has 2 rings (SSSR count). The average molecular weight is 255 g/mol. The van der Waals surface area contributed by atoms with E-state index in [4.69, 9.17) is 0 Å². The molecule has 0 unspecified atom stereocenters. The number of benzene rings is 1. The van der Waals surface area contributed by atoms with Crippen LogP contribution in [0.1, 0.15) is 27.9 Å². The Hall–Kier alpha value is -1.74. The van der Waals surface area contributed by atoms with Gasteiger partial charge in [0, 0.05) is 12.1 Å². The van der Waals surface area contributed by atoms with Crippen LogP contribution < -0.4 is 5.32 Å². The second-order valence-corrected chi connectivity index (χ2v) is 5.08. The molecule has 0 fully saturated rings. The molecule has 0 spiro atoms. The van der Waals surface area contributed by atoms with Gasteiger partial charge in [-0.1, -0.05) is 6.07 Å². The zero-order valence-electron chi connectivity index (χ0n) is 12.3. The molecule has 0 saturated carbocycles. The molecule has 3 nitrogen and oxygen atoms in total. The minimum absolute atomic E-state index is 0.748. The van der Waals surface area contributed by atoms with Gasteiger partial charge in [0.15, 0.2) is 0 Å². The van der Waals surface area contributed by atoms with Crippen LogP contribution in [0, 0.1) is 27.7 Å². The first-order valence-corrected chi connectivity index (χ1v) is 6.59. The van der Waals surface area contributed by atoms with E-state index in [2.05, 4.69) is 55.3 Å². The predicted octanol–water partition coefficient (Wildman–Crippen LogP) is 3.10. The van der Waals surface area contributed by atoms with Gasteiger partial charge < -0.3 is 5.32 Å². The van der Waals surface area contributed by atoms with Crippen LogP contribution in [0.5, 0.6) is 0 Å². The molecule has 0 amide bonds. The maximum atomic E-state index is 4.38. The van der Waals surface area contributed by atoms with E-state index in [0.717, 1.165) is 17.9 Å². The van der Waals surface area contributed by atoms with Gasteiger partial charge in [-0.25, -0.2) is 0 Å². The highest BCUT2D eigenvalue weighted by Crippen LogP contribution is 2.29. The Labute approximate surface area is 115 Å². The van der Waals surface area contributed by atoms with Crippen molar-refractivity contribution in [3.05, 3.63) is 46.1 Å². The summed E-state index contributed by atoms with van der Waals surface area (Å²) in [6, 6.07) is 6.33. The molecule has 0 radical (unpaired) electrons. The lowest BCUT2D eigenvalue weighted by atomic mass is 9.92. The average Bonchev–Trinajstić information content (AvgIpc) is 2.39. The van der Waals surface area contributed by atoms with Crippen LogP contribution in [0.3, 0.4) is 0 Å². The molecule has 0 saturated heterocycles. The Morgan fingerprint density at radius 1 is 0.947 bits per heavy atom. The highest BCUT2D eigenvalue weighted by molar-refractivity contribution is 5.70. The minimum atomic E-state index is 0.748. The van der Waals surface area contributed by atoms with Crippen molar-refractivity contribution in [2.45, 2.75) is 34.2 Å². The standard InChI is InChI=1S/C16H21N3/c1-10-8-11(2)13(4)16(12(10)3)15-7-6-14(9-17-5)18-19-15/h6-8,17H,9H2,1-5H3. The SMILES string of the molecule is CNCc1ccc(-c2c(C)c(C)cc(C)c2C)nn1. The molecule has 2 aromatic rings. The monoisotopic (exact) mass is 255 g/mol. The Morgan fingerprint density at radius 2 is 1.58 bits per heavy atom. The van der Waals surface area contributed by atoms with Crippen molar-refractivity contribution >= 4 is 0 Å². The lowest BCUT2D eigenvalue weighted by Gasteiger charge is -2.14. The number of aryl methyl sites for hydroxylation is 2. The summed E-state index contributed by atoms with van der Waals surface area (Å²) >= 11 is 0. The van der Waals surface area contributed by atoms with E-state index in [1.165, 1.54) is 27.8 Å². The van der Waals surface area contributed by atoms with Crippen molar-refractivity contribution in [1.82, 2.24) is 15.5 Å². The van der Waals surface area contributed by atoms with Gasteiger partial charge in [-0.15, -0.1) is 0 Å². The molecule has 1 aromatic heterocycles. The quantitative estimate of drug-likeness (QED) is 0.915.